The number of amides is 2. The van der Waals surface area contributed by atoms with Gasteiger partial charge in [-0.15, -0.1) is 6.58 Å². The van der Waals surface area contributed by atoms with E-state index in [1.54, 1.807) is 0 Å². The van der Waals surface area contributed by atoms with E-state index in [2.05, 4.69) is 11.9 Å². The summed E-state index contributed by atoms with van der Waals surface area (Å²) in [6.45, 7) is 4.47. The Morgan fingerprint density at radius 1 is 1.44 bits per heavy atom. The molecule has 1 N–H and O–H groups in total. The van der Waals surface area contributed by atoms with E-state index in [4.69, 9.17) is 0 Å². The second-order valence-corrected chi connectivity index (χ2v) is 4.14. The molecule has 0 spiro atoms. The van der Waals surface area contributed by atoms with E-state index >= 15 is 0 Å². The van der Waals surface area contributed by atoms with Gasteiger partial charge in [0.15, 0.2) is 0 Å². The van der Waals surface area contributed by atoms with Crippen molar-refractivity contribution in [3.63, 3.8) is 0 Å². The highest BCUT2D eigenvalue weighted by atomic mass is 16.2. The van der Waals surface area contributed by atoms with Gasteiger partial charge in [0.05, 0.1) is 12.5 Å². The number of likely N-dealkylation sites (N-methyl/N-ethyl adjacent to an activating group) is 1. The molecule has 1 heterocycles. The van der Waals surface area contributed by atoms with Gasteiger partial charge < -0.3 is 5.32 Å². The highest BCUT2D eigenvalue weighted by Crippen LogP contribution is 2.10. The summed E-state index contributed by atoms with van der Waals surface area (Å²) >= 11 is 0. The van der Waals surface area contributed by atoms with Crippen molar-refractivity contribution in [2.24, 2.45) is 0 Å². The average molecular weight is 224 g/mol. The Labute approximate surface area is 96.7 Å². The zero-order valence-corrected chi connectivity index (χ0v) is 9.87. The van der Waals surface area contributed by atoms with Crippen LogP contribution < -0.4 is 5.32 Å². The molecule has 0 aromatic carbocycles. The first kappa shape index (κ1) is 12.9. The fourth-order valence-electron chi connectivity index (χ4n) is 1.78. The minimum absolute atomic E-state index is 0.0887. The Morgan fingerprint density at radius 2 is 2.19 bits per heavy atom. The highest BCUT2D eigenvalue weighted by molar-refractivity contribution is 6.05. The van der Waals surface area contributed by atoms with Gasteiger partial charge in [-0.25, -0.2) is 0 Å². The SMILES string of the molecule is C=CCCCCCNC1CC(=O)N(C)C1=O. The maximum atomic E-state index is 11.5. The van der Waals surface area contributed by atoms with Crippen LogP contribution in [-0.2, 0) is 9.59 Å². The number of nitrogens with zero attached hydrogens (tertiary/aromatic N) is 1. The smallest absolute Gasteiger partial charge is 0.246 e. The van der Waals surface area contributed by atoms with Crippen molar-refractivity contribution < 1.29 is 9.59 Å². The van der Waals surface area contributed by atoms with Crippen LogP contribution in [0.4, 0.5) is 0 Å². The lowest BCUT2D eigenvalue weighted by molar-refractivity contribution is -0.137. The largest absolute Gasteiger partial charge is 0.305 e. The Balaban J connectivity index is 2.12. The summed E-state index contributed by atoms with van der Waals surface area (Å²) in [6, 6.07) is -0.295. The van der Waals surface area contributed by atoms with Crippen molar-refractivity contribution in [2.45, 2.75) is 38.1 Å². The van der Waals surface area contributed by atoms with Gasteiger partial charge in [0.2, 0.25) is 11.8 Å². The van der Waals surface area contributed by atoms with Crippen LogP contribution in [0, 0.1) is 0 Å². The third-order valence-electron chi connectivity index (χ3n) is 2.86. The first-order valence-corrected chi connectivity index (χ1v) is 5.81. The van der Waals surface area contributed by atoms with Gasteiger partial charge in [0.1, 0.15) is 0 Å². The van der Waals surface area contributed by atoms with Crippen LogP contribution in [0.25, 0.3) is 0 Å². The Bertz CT molecular complexity index is 276. The van der Waals surface area contributed by atoms with Crippen LogP contribution >= 0.6 is 0 Å². The summed E-state index contributed by atoms with van der Waals surface area (Å²) in [4.78, 5) is 23.9. The van der Waals surface area contributed by atoms with Crippen molar-refractivity contribution in [2.75, 3.05) is 13.6 Å². The zero-order chi connectivity index (χ0) is 12.0. The summed E-state index contributed by atoms with van der Waals surface area (Å²) in [5, 5.41) is 3.13. The summed E-state index contributed by atoms with van der Waals surface area (Å²) in [5.41, 5.74) is 0. The Kier molecular flexibility index (Phi) is 5.19. The number of likely N-dealkylation sites (tertiary alicyclic amines) is 1. The quantitative estimate of drug-likeness (QED) is 0.400. The number of allylic oxidation sites excluding steroid dienone is 1. The molecular formula is C12H20N2O2. The molecule has 1 atom stereocenters. The van der Waals surface area contributed by atoms with Gasteiger partial charge >= 0.3 is 0 Å². The maximum Gasteiger partial charge on any atom is 0.246 e. The molecule has 0 bridgehead atoms. The molecule has 4 nitrogen and oxygen atoms in total. The van der Waals surface area contributed by atoms with Gasteiger partial charge in [0, 0.05) is 7.05 Å². The first-order valence-electron chi connectivity index (χ1n) is 5.81. The van der Waals surface area contributed by atoms with Gasteiger partial charge in [0.25, 0.3) is 0 Å². The molecule has 1 unspecified atom stereocenters. The number of nitrogens with one attached hydrogen (secondary N) is 1. The molecule has 0 radical (unpaired) electrons. The number of unbranched alkanes of at least 4 members (excludes halogenated alkanes) is 3. The standard InChI is InChI=1S/C12H20N2O2/c1-3-4-5-6-7-8-13-10-9-11(15)14(2)12(10)16/h3,10,13H,1,4-9H2,2H3. The van der Waals surface area contributed by atoms with Crippen molar-refractivity contribution in [3.05, 3.63) is 12.7 Å². The molecule has 0 saturated carbocycles. The van der Waals surface area contributed by atoms with Crippen LogP contribution in [0.15, 0.2) is 12.7 Å². The minimum Gasteiger partial charge on any atom is -0.305 e. The summed E-state index contributed by atoms with van der Waals surface area (Å²) < 4.78 is 0. The minimum atomic E-state index is -0.295. The van der Waals surface area contributed by atoms with Crippen LogP contribution in [0.2, 0.25) is 0 Å². The molecule has 0 aromatic rings. The van der Waals surface area contributed by atoms with E-state index in [9.17, 15) is 9.59 Å². The number of hydrogen-bond donors (Lipinski definition) is 1. The van der Waals surface area contributed by atoms with Crippen molar-refractivity contribution in [1.82, 2.24) is 10.2 Å². The van der Waals surface area contributed by atoms with E-state index in [0.717, 1.165) is 32.2 Å². The third kappa shape index (κ3) is 3.45. The normalized spacial score (nSPS) is 20.6. The van der Waals surface area contributed by atoms with Crippen LogP contribution in [0.3, 0.4) is 0 Å². The molecule has 1 aliphatic heterocycles. The number of carbonyl (C=O) groups excluding carboxylic acids is 2. The lowest BCUT2D eigenvalue weighted by Gasteiger charge is -2.10. The average Bonchev–Trinajstić information content (AvgIpc) is 2.51. The van der Waals surface area contributed by atoms with Gasteiger partial charge in [-0.3, -0.25) is 14.5 Å². The summed E-state index contributed by atoms with van der Waals surface area (Å²) in [5.74, 6) is -0.190. The first-order chi connectivity index (χ1) is 7.66. The van der Waals surface area contributed by atoms with Crippen molar-refractivity contribution in [1.29, 1.82) is 0 Å². The van der Waals surface area contributed by atoms with Crippen LogP contribution in [-0.4, -0.2) is 36.3 Å². The highest BCUT2D eigenvalue weighted by Gasteiger charge is 2.35. The fourth-order valence-corrected chi connectivity index (χ4v) is 1.78. The molecule has 90 valence electrons. The van der Waals surface area contributed by atoms with Gasteiger partial charge in [-0.1, -0.05) is 12.5 Å². The van der Waals surface area contributed by atoms with Crippen molar-refractivity contribution in [3.8, 4) is 0 Å². The molecule has 1 fully saturated rings. The second-order valence-electron chi connectivity index (χ2n) is 4.14. The Morgan fingerprint density at radius 3 is 2.75 bits per heavy atom. The fraction of sp³-hybridized carbons (Fsp3) is 0.667. The molecule has 16 heavy (non-hydrogen) atoms. The topological polar surface area (TPSA) is 49.4 Å². The van der Waals surface area contributed by atoms with E-state index in [-0.39, 0.29) is 17.9 Å². The number of carbonyl (C=O) groups is 2. The van der Waals surface area contributed by atoms with E-state index < -0.39 is 0 Å². The number of rotatable bonds is 7. The van der Waals surface area contributed by atoms with E-state index in [0.29, 0.717) is 6.42 Å². The molecule has 2 amide bonds. The third-order valence-corrected chi connectivity index (χ3v) is 2.86. The molecule has 1 saturated heterocycles. The Hall–Kier alpha value is -1.16. The number of hydrogen-bond acceptors (Lipinski definition) is 3. The lowest BCUT2D eigenvalue weighted by Crippen LogP contribution is -2.37. The predicted molar refractivity (Wildman–Crippen MR) is 62.8 cm³/mol. The van der Waals surface area contributed by atoms with Gasteiger partial charge in [-0.2, -0.15) is 0 Å². The molecule has 4 heteroatoms. The lowest BCUT2D eigenvalue weighted by atomic mass is 10.2. The van der Waals surface area contributed by atoms with Crippen molar-refractivity contribution >= 4 is 11.8 Å². The van der Waals surface area contributed by atoms with E-state index in [1.807, 2.05) is 6.08 Å². The second kappa shape index (κ2) is 6.43. The summed E-state index contributed by atoms with van der Waals surface area (Å²) in [6.07, 6.45) is 6.58. The summed E-state index contributed by atoms with van der Waals surface area (Å²) in [7, 11) is 1.54. The predicted octanol–water partition coefficient (Wildman–Crippen LogP) is 1.08. The van der Waals surface area contributed by atoms with Gasteiger partial charge in [-0.05, 0) is 25.8 Å². The number of imide groups is 1. The monoisotopic (exact) mass is 224 g/mol. The molecule has 1 rings (SSSR count). The van der Waals surface area contributed by atoms with Crippen LogP contribution in [0.1, 0.15) is 32.1 Å². The zero-order valence-electron chi connectivity index (χ0n) is 9.87. The molecule has 1 aliphatic rings. The van der Waals surface area contributed by atoms with Crippen LogP contribution in [0.5, 0.6) is 0 Å². The molecule has 0 aromatic heterocycles. The molecule has 0 aliphatic carbocycles. The molecular weight excluding hydrogens is 204 g/mol. The maximum absolute atomic E-state index is 11.5. The van der Waals surface area contributed by atoms with E-state index in [1.165, 1.54) is 11.9 Å².